The van der Waals surface area contributed by atoms with E-state index in [4.69, 9.17) is 5.41 Å². The Morgan fingerprint density at radius 1 is 1.00 bits per heavy atom. The molecular formula is C24H21N3. The molecule has 1 unspecified atom stereocenters. The van der Waals surface area contributed by atoms with Gasteiger partial charge in [-0.3, -0.25) is 5.41 Å². The SMILES string of the molecule is N=C(Nc1ccc2c3c(cccc13)C=C2)N1CC2CCCc3cccc1c32. The van der Waals surface area contributed by atoms with Gasteiger partial charge in [-0.25, -0.2) is 0 Å². The molecule has 0 amide bonds. The van der Waals surface area contributed by atoms with Crippen molar-refractivity contribution in [2.45, 2.75) is 25.2 Å². The summed E-state index contributed by atoms with van der Waals surface area (Å²) in [5.74, 6) is 1.05. The molecule has 0 radical (unpaired) electrons. The molecule has 27 heavy (non-hydrogen) atoms. The monoisotopic (exact) mass is 351 g/mol. The van der Waals surface area contributed by atoms with Crippen LogP contribution in [0.5, 0.6) is 0 Å². The minimum Gasteiger partial charge on any atom is -0.326 e. The van der Waals surface area contributed by atoms with E-state index in [1.807, 2.05) is 0 Å². The van der Waals surface area contributed by atoms with Crippen LogP contribution in [-0.4, -0.2) is 12.5 Å². The number of aryl methyl sites for hydroxylation is 1. The highest BCUT2D eigenvalue weighted by molar-refractivity contribution is 6.14. The fraction of sp³-hybridized carbons (Fsp3) is 0.208. The molecule has 1 heterocycles. The van der Waals surface area contributed by atoms with Gasteiger partial charge in [0.05, 0.1) is 0 Å². The lowest BCUT2D eigenvalue weighted by atomic mass is 9.84. The van der Waals surface area contributed by atoms with Crippen molar-refractivity contribution in [1.82, 2.24) is 0 Å². The Morgan fingerprint density at radius 2 is 1.85 bits per heavy atom. The van der Waals surface area contributed by atoms with Crippen molar-refractivity contribution < 1.29 is 0 Å². The van der Waals surface area contributed by atoms with Crippen molar-refractivity contribution in [1.29, 1.82) is 5.41 Å². The maximum Gasteiger partial charge on any atom is 0.200 e. The van der Waals surface area contributed by atoms with Crippen LogP contribution in [0.2, 0.25) is 0 Å². The molecule has 0 bridgehead atoms. The van der Waals surface area contributed by atoms with E-state index in [0.29, 0.717) is 11.9 Å². The first-order valence-corrected chi connectivity index (χ1v) is 9.78. The largest absolute Gasteiger partial charge is 0.326 e. The van der Waals surface area contributed by atoms with E-state index in [-0.39, 0.29) is 0 Å². The van der Waals surface area contributed by atoms with Crippen LogP contribution < -0.4 is 10.2 Å². The zero-order chi connectivity index (χ0) is 18.0. The lowest BCUT2D eigenvalue weighted by molar-refractivity contribution is 0.584. The molecule has 132 valence electrons. The van der Waals surface area contributed by atoms with Gasteiger partial charge >= 0.3 is 0 Å². The highest BCUT2D eigenvalue weighted by atomic mass is 15.3. The van der Waals surface area contributed by atoms with E-state index < -0.39 is 0 Å². The van der Waals surface area contributed by atoms with Gasteiger partial charge in [-0.2, -0.15) is 0 Å². The molecule has 3 aromatic carbocycles. The van der Waals surface area contributed by atoms with E-state index in [9.17, 15) is 0 Å². The fourth-order valence-electron chi connectivity index (χ4n) is 5.14. The van der Waals surface area contributed by atoms with Crippen molar-refractivity contribution in [2.75, 3.05) is 16.8 Å². The van der Waals surface area contributed by atoms with Crippen LogP contribution in [0.3, 0.4) is 0 Å². The fourth-order valence-corrected chi connectivity index (χ4v) is 5.14. The van der Waals surface area contributed by atoms with E-state index in [0.717, 1.165) is 12.2 Å². The van der Waals surface area contributed by atoms with E-state index in [2.05, 4.69) is 70.9 Å². The molecule has 0 saturated carbocycles. The summed E-state index contributed by atoms with van der Waals surface area (Å²) < 4.78 is 0. The summed E-state index contributed by atoms with van der Waals surface area (Å²) in [6, 6.07) is 17.3. The molecule has 2 N–H and O–H groups in total. The minimum absolute atomic E-state index is 0.476. The van der Waals surface area contributed by atoms with Gasteiger partial charge in [0.1, 0.15) is 0 Å². The van der Waals surface area contributed by atoms with Gasteiger partial charge < -0.3 is 10.2 Å². The quantitative estimate of drug-likeness (QED) is 0.345. The molecule has 1 aliphatic heterocycles. The summed E-state index contributed by atoms with van der Waals surface area (Å²) in [5.41, 5.74) is 7.73. The third-order valence-electron chi connectivity index (χ3n) is 6.34. The third-order valence-corrected chi connectivity index (χ3v) is 6.34. The summed E-state index contributed by atoms with van der Waals surface area (Å²) in [6.07, 6.45) is 8.02. The average Bonchev–Trinajstić information content (AvgIpc) is 3.29. The lowest BCUT2D eigenvalue weighted by Crippen LogP contribution is -2.34. The first-order chi connectivity index (χ1) is 13.3. The predicted octanol–water partition coefficient (Wildman–Crippen LogP) is 5.61. The predicted molar refractivity (Wildman–Crippen MR) is 114 cm³/mol. The zero-order valence-corrected chi connectivity index (χ0v) is 15.1. The van der Waals surface area contributed by atoms with Gasteiger partial charge in [0.15, 0.2) is 5.96 Å². The minimum atomic E-state index is 0.476. The first-order valence-electron chi connectivity index (χ1n) is 9.78. The van der Waals surface area contributed by atoms with Gasteiger partial charge in [0.25, 0.3) is 0 Å². The van der Waals surface area contributed by atoms with Crippen LogP contribution in [0.1, 0.15) is 41.0 Å². The van der Waals surface area contributed by atoms with Crippen molar-refractivity contribution in [3.63, 3.8) is 0 Å². The van der Waals surface area contributed by atoms with Crippen molar-refractivity contribution >= 4 is 40.3 Å². The number of rotatable bonds is 1. The third kappa shape index (κ3) is 2.11. The molecule has 0 spiro atoms. The molecule has 6 rings (SSSR count). The van der Waals surface area contributed by atoms with Crippen molar-refractivity contribution in [3.8, 4) is 0 Å². The van der Waals surface area contributed by atoms with Crippen molar-refractivity contribution in [2.24, 2.45) is 0 Å². The molecule has 3 aromatic rings. The highest BCUT2D eigenvalue weighted by Crippen LogP contribution is 2.44. The topological polar surface area (TPSA) is 39.1 Å². The number of anilines is 2. The van der Waals surface area contributed by atoms with E-state index in [1.165, 1.54) is 58.0 Å². The number of hydrogen-bond donors (Lipinski definition) is 2. The van der Waals surface area contributed by atoms with Gasteiger partial charge in [0.2, 0.25) is 0 Å². The van der Waals surface area contributed by atoms with Crippen LogP contribution in [0.4, 0.5) is 11.4 Å². The Balaban J connectivity index is 1.38. The molecule has 0 saturated heterocycles. The van der Waals surface area contributed by atoms with Crippen LogP contribution in [-0.2, 0) is 6.42 Å². The normalized spacial score (nSPS) is 18.8. The highest BCUT2D eigenvalue weighted by Gasteiger charge is 2.34. The van der Waals surface area contributed by atoms with Crippen LogP contribution in [0.15, 0.2) is 48.5 Å². The lowest BCUT2D eigenvalue weighted by Gasteiger charge is -2.22. The maximum absolute atomic E-state index is 8.81. The molecule has 0 fully saturated rings. The molecule has 3 nitrogen and oxygen atoms in total. The molecular weight excluding hydrogens is 330 g/mol. The van der Waals surface area contributed by atoms with Crippen LogP contribution >= 0.6 is 0 Å². The summed E-state index contributed by atoms with van der Waals surface area (Å²) in [7, 11) is 0. The number of guanidine groups is 1. The summed E-state index contributed by atoms with van der Waals surface area (Å²) in [4.78, 5) is 2.16. The molecule has 1 atom stereocenters. The number of benzene rings is 3. The second-order valence-corrected chi connectivity index (χ2v) is 7.83. The second kappa shape index (κ2) is 5.46. The summed E-state index contributed by atoms with van der Waals surface area (Å²) in [5, 5.41) is 14.7. The van der Waals surface area contributed by atoms with Gasteiger partial charge in [-0.05, 0) is 59.0 Å². The molecule has 2 aliphatic carbocycles. The van der Waals surface area contributed by atoms with Gasteiger partial charge in [-0.15, -0.1) is 0 Å². The van der Waals surface area contributed by atoms with Crippen LogP contribution in [0.25, 0.3) is 22.9 Å². The molecule has 0 aromatic heterocycles. The Hall–Kier alpha value is -3.07. The van der Waals surface area contributed by atoms with Gasteiger partial charge in [-0.1, -0.05) is 48.6 Å². The maximum atomic E-state index is 8.81. The standard InChI is InChI=1S/C24H21N3/c25-24(27-14-18-7-1-4-15-6-3-9-21(27)23(15)18)26-20-13-12-17-11-10-16-5-2-8-19(20)22(16)17/h2-3,5-6,8-13,18H,1,4,7,14H2,(H2,25,26). The second-order valence-electron chi connectivity index (χ2n) is 7.83. The Labute approximate surface area is 158 Å². The number of nitrogens with zero attached hydrogens (tertiary/aromatic N) is 1. The average molecular weight is 351 g/mol. The van der Waals surface area contributed by atoms with Crippen LogP contribution in [0, 0.1) is 5.41 Å². The van der Waals surface area contributed by atoms with Crippen molar-refractivity contribution in [3.05, 3.63) is 70.8 Å². The molecule has 3 aliphatic rings. The Morgan fingerprint density at radius 3 is 2.78 bits per heavy atom. The zero-order valence-electron chi connectivity index (χ0n) is 15.1. The number of hydrogen-bond acceptors (Lipinski definition) is 1. The first kappa shape index (κ1) is 15.0. The number of nitrogens with one attached hydrogen (secondary N) is 2. The van der Waals surface area contributed by atoms with Gasteiger partial charge in [0, 0.05) is 29.2 Å². The van der Waals surface area contributed by atoms with E-state index >= 15 is 0 Å². The Bertz CT molecular complexity index is 1130. The summed E-state index contributed by atoms with van der Waals surface area (Å²) in [6.45, 7) is 0.918. The van der Waals surface area contributed by atoms with E-state index in [1.54, 1.807) is 0 Å². The Kier molecular flexibility index (Phi) is 3.04. The smallest absolute Gasteiger partial charge is 0.200 e. The molecule has 3 heteroatoms. The summed E-state index contributed by atoms with van der Waals surface area (Å²) >= 11 is 0.